The van der Waals surface area contributed by atoms with Crippen molar-refractivity contribution in [1.82, 2.24) is 4.90 Å². The number of thiophene rings is 1. The summed E-state index contributed by atoms with van der Waals surface area (Å²) in [6.07, 6.45) is 2.00. The molecule has 0 aliphatic carbocycles. The Balaban J connectivity index is 1.85. The maximum Gasteiger partial charge on any atom is 0.264 e. The number of carbonyl (C=O) groups is 2. The lowest BCUT2D eigenvalue weighted by Crippen LogP contribution is -2.27. The summed E-state index contributed by atoms with van der Waals surface area (Å²) in [6.45, 7) is 3.23. The number of likely N-dealkylation sites (tertiary alicyclic amines) is 1. The van der Waals surface area contributed by atoms with Crippen LogP contribution in [-0.4, -0.2) is 36.9 Å². The van der Waals surface area contributed by atoms with Gasteiger partial charge in [-0.2, -0.15) is 5.26 Å². The molecule has 2 aromatic rings. The van der Waals surface area contributed by atoms with Crippen LogP contribution in [-0.2, 0) is 0 Å². The van der Waals surface area contributed by atoms with Gasteiger partial charge in [0.15, 0.2) is 0 Å². The molecule has 0 bridgehead atoms. The molecule has 0 spiro atoms. The first-order chi connectivity index (χ1) is 12.5. The first kappa shape index (κ1) is 18.0. The number of nitrogens with one attached hydrogen (secondary N) is 1. The van der Waals surface area contributed by atoms with Gasteiger partial charge in [-0.05, 0) is 49.6 Å². The van der Waals surface area contributed by atoms with Crippen molar-refractivity contribution in [1.29, 1.82) is 5.26 Å². The largest absolute Gasteiger partial charge is 0.497 e. The Morgan fingerprint density at radius 2 is 1.88 bits per heavy atom. The van der Waals surface area contributed by atoms with Gasteiger partial charge >= 0.3 is 0 Å². The summed E-state index contributed by atoms with van der Waals surface area (Å²) >= 11 is 1.17. The second-order valence-electron chi connectivity index (χ2n) is 6.05. The van der Waals surface area contributed by atoms with Gasteiger partial charge in [0, 0.05) is 18.7 Å². The molecule has 0 unspecified atom stereocenters. The topological polar surface area (TPSA) is 82.4 Å². The standard InChI is InChI=1S/C19H19N3O3S/c1-12-15(11-20)18(26-16(12)19(24)22-9-3-4-10-22)21-17(23)13-5-7-14(25-2)8-6-13/h5-8H,3-4,9-10H2,1-2H3,(H,21,23). The van der Waals surface area contributed by atoms with Crippen molar-refractivity contribution in [3.05, 3.63) is 45.8 Å². The minimum atomic E-state index is -0.328. The van der Waals surface area contributed by atoms with Crippen molar-refractivity contribution in [2.45, 2.75) is 19.8 Å². The number of ether oxygens (including phenoxy) is 1. The second-order valence-corrected chi connectivity index (χ2v) is 7.07. The molecule has 1 aliphatic rings. The predicted molar refractivity (Wildman–Crippen MR) is 99.9 cm³/mol. The molecule has 1 aromatic carbocycles. The smallest absolute Gasteiger partial charge is 0.264 e. The maximum absolute atomic E-state index is 12.7. The molecule has 1 aromatic heterocycles. The number of anilines is 1. The van der Waals surface area contributed by atoms with E-state index in [9.17, 15) is 14.9 Å². The van der Waals surface area contributed by atoms with Crippen LogP contribution in [0, 0.1) is 18.3 Å². The van der Waals surface area contributed by atoms with Crippen molar-refractivity contribution >= 4 is 28.2 Å². The van der Waals surface area contributed by atoms with E-state index in [0.717, 1.165) is 25.9 Å². The summed E-state index contributed by atoms with van der Waals surface area (Å²) in [4.78, 5) is 27.5. The lowest BCUT2D eigenvalue weighted by Gasteiger charge is -2.14. The summed E-state index contributed by atoms with van der Waals surface area (Å²) in [5.41, 5.74) is 1.42. The number of benzene rings is 1. The number of amides is 2. The Bertz CT molecular complexity index is 875. The van der Waals surface area contributed by atoms with E-state index < -0.39 is 0 Å². The van der Waals surface area contributed by atoms with Gasteiger partial charge in [0.1, 0.15) is 16.8 Å². The lowest BCUT2D eigenvalue weighted by atomic mass is 10.1. The van der Waals surface area contributed by atoms with Crippen LogP contribution in [0.15, 0.2) is 24.3 Å². The van der Waals surface area contributed by atoms with Crippen molar-refractivity contribution in [3.8, 4) is 11.8 Å². The number of nitriles is 1. The Morgan fingerprint density at radius 1 is 1.23 bits per heavy atom. The Kier molecular flexibility index (Phi) is 5.24. The molecule has 0 radical (unpaired) electrons. The van der Waals surface area contributed by atoms with E-state index in [2.05, 4.69) is 11.4 Å². The van der Waals surface area contributed by atoms with Gasteiger partial charge in [-0.1, -0.05) is 0 Å². The van der Waals surface area contributed by atoms with Crippen LogP contribution in [0.4, 0.5) is 5.00 Å². The highest BCUT2D eigenvalue weighted by molar-refractivity contribution is 7.18. The van der Waals surface area contributed by atoms with E-state index in [0.29, 0.717) is 32.3 Å². The predicted octanol–water partition coefficient (Wildman–Crippen LogP) is 3.43. The summed E-state index contributed by atoms with van der Waals surface area (Å²) < 4.78 is 5.08. The first-order valence-corrected chi connectivity index (χ1v) is 9.15. The monoisotopic (exact) mass is 369 g/mol. The molecule has 6 nitrogen and oxygen atoms in total. The first-order valence-electron chi connectivity index (χ1n) is 8.33. The fourth-order valence-electron chi connectivity index (χ4n) is 2.92. The highest BCUT2D eigenvalue weighted by Gasteiger charge is 2.26. The van der Waals surface area contributed by atoms with Crippen LogP contribution in [0.2, 0.25) is 0 Å². The maximum atomic E-state index is 12.7. The highest BCUT2D eigenvalue weighted by Crippen LogP contribution is 2.34. The number of hydrogen-bond acceptors (Lipinski definition) is 5. The fraction of sp³-hybridized carbons (Fsp3) is 0.316. The zero-order valence-corrected chi connectivity index (χ0v) is 15.5. The van der Waals surface area contributed by atoms with Crippen LogP contribution in [0.5, 0.6) is 5.75 Å². The molecule has 2 heterocycles. The third-order valence-corrected chi connectivity index (χ3v) is 5.62. The lowest BCUT2D eigenvalue weighted by molar-refractivity contribution is 0.0796. The molecule has 2 amide bonds. The molecule has 1 aliphatic heterocycles. The Morgan fingerprint density at radius 3 is 2.46 bits per heavy atom. The molecule has 1 fully saturated rings. The van der Waals surface area contributed by atoms with Crippen molar-refractivity contribution in [2.75, 3.05) is 25.5 Å². The van der Waals surface area contributed by atoms with Gasteiger partial charge < -0.3 is 15.0 Å². The van der Waals surface area contributed by atoms with Crippen LogP contribution < -0.4 is 10.1 Å². The molecule has 0 saturated carbocycles. The van der Waals surface area contributed by atoms with Gasteiger partial charge in [0.05, 0.1) is 17.6 Å². The van der Waals surface area contributed by atoms with Gasteiger partial charge in [-0.3, -0.25) is 9.59 Å². The van der Waals surface area contributed by atoms with E-state index in [4.69, 9.17) is 4.74 Å². The van der Waals surface area contributed by atoms with Gasteiger partial charge in [0.2, 0.25) is 0 Å². The van der Waals surface area contributed by atoms with E-state index in [1.807, 2.05) is 0 Å². The third-order valence-electron chi connectivity index (χ3n) is 4.43. The van der Waals surface area contributed by atoms with Crippen molar-refractivity contribution < 1.29 is 14.3 Å². The zero-order valence-electron chi connectivity index (χ0n) is 14.7. The molecule has 1 N–H and O–H groups in total. The van der Waals surface area contributed by atoms with Gasteiger partial charge in [0.25, 0.3) is 11.8 Å². The average Bonchev–Trinajstić information content (AvgIpc) is 3.29. The normalized spacial score (nSPS) is 13.3. The molecular weight excluding hydrogens is 350 g/mol. The molecule has 3 rings (SSSR count). The molecule has 0 atom stereocenters. The van der Waals surface area contributed by atoms with Crippen LogP contribution in [0.25, 0.3) is 0 Å². The summed E-state index contributed by atoms with van der Waals surface area (Å²) in [5.74, 6) is 0.266. The quantitative estimate of drug-likeness (QED) is 0.895. The highest BCUT2D eigenvalue weighted by atomic mass is 32.1. The summed E-state index contributed by atoms with van der Waals surface area (Å²) in [5, 5.41) is 12.7. The van der Waals surface area contributed by atoms with Crippen molar-refractivity contribution in [2.24, 2.45) is 0 Å². The van der Waals surface area contributed by atoms with Gasteiger partial charge in [-0.15, -0.1) is 11.3 Å². The second kappa shape index (κ2) is 7.58. The number of nitrogens with zero attached hydrogens (tertiary/aromatic N) is 2. The molecule has 1 saturated heterocycles. The minimum Gasteiger partial charge on any atom is -0.497 e. The molecule has 134 valence electrons. The van der Waals surface area contributed by atoms with Crippen molar-refractivity contribution in [3.63, 3.8) is 0 Å². The molecular formula is C19H19N3O3S. The van der Waals surface area contributed by atoms with Crippen LogP contribution in [0.1, 0.15) is 44.0 Å². The number of methoxy groups -OCH3 is 1. The number of rotatable bonds is 4. The molecule has 26 heavy (non-hydrogen) atoms. The van der Waals surface area contributed by atoms with E-state index in [1.54, 1.807) is 43.2 Å². The van der Waals surface area contributed by atoms with Crippen LogP contribution >= 0.6 is 11.3 Å². The minimum absolute atomic E-state index is 0.0635. The number of hydrogen-bond donors (Lipinski definition) is 1. The van der Waals surface area contributed by atoms with Crippen LogP contribution in [0.3, 0.4) is 0 Å². The molecule has 7 heteroatoms. The zero-order chi connectivity index (χ0) is 18.7. The third kappa shape index (κ3) is 3.41. The fourth-order valence-corrected chi connectivity index (χ4v) is 4.04. The number of carbonyl (C=O) groups excluding carboxylic acids is 2. The van der Waals surface area contributed by atoms with E-state index >= 15 is 0 Å². The SMILES string of the molecule is COc1ccc(C(=O)Nc2sc(C(=O)N3CCCC3)c(C)c2C#N)cc1. The van der Waals surface area contributed by atoms with E-state index in [1.165, 1.54) is 11.3 Å². The average molecular weight is 369 g/mol. The Hall–Kier alpha value is -2.85. The van der Waals surface area contributed by atoms with E-state index in [-0.39, 0.29) is 11.8 Å². The summed E-state index contributed by atoms with van der Waals surface area (Å²) in [6, 6.07) is 8.80. The Labute approximate surface area is 156 Å². The summed E-state index contributed by atoms with van der Waals surface area (Å²) in [7, 11) is 1.56. The van der Waals surface area contributed by atoms with Gasteiger partial charge in [-0.25, -0.2) is 0 Å².